The summed E-state index contributed by atoms with van der Waals surface area (Å²) in [5.74, 6) is -3.82. The van der Waals surface area contributed by atoms with E-state index in [1.54, 1.807) is 0 Å². The van der Waals surface area contributed by atoms with E-state index in [1.807, 2.05) is 27.7 Å². The van der Waals surface area contributed by atoms with Crippen LogP contribution in [0.1, 0.15) is 47.0 Å². The number of aromatic nitrogens is 4. The number of fused-ring (bicyclic) bond motifs is 2. The maximum absolute atomic E-state index is 15.9. The number of hydrogen-bond acceptors (Lipinski definition) is 12. The van der Waals surface area contributed by atoms with E-state index in [0.29, 0.717) is 0 Å². The van der Waals surface area contributed by atoms with Crippen LogP contribution in [0.25, 0.3) is 11.2 Å². The second-order valence-corrected chi connectivity index (χ2v) is 13.8. The van der Waals surface area contributed by atoms with Crippen molar-refractivity contribution in [2.75, 3.05) is 26.6 Å². The summed E-state index contributed by atoms with van der Waals surface area (Å²) < 4.78 is 52.7. The number of nitrogens with one attached hydrogen (secondary N) is 2. The summed E-state index contributed by atoms with van der Waals surface area (Å²) in [6.07, 6.45) is -1.40. The SMILES string of the molecule is COC(=O)C(CC(C)C)NP(=O)(NC(CC(C)C)C(=O)OC)OCC1OC2(F)CC2(n2cnc3c(N)nc(Cl)nc32)C1O. The Kier molecular flexibility index (Phi) is 9.72. The van der Waals surface area contributed by atoms with Crippen molar-refractivity contribution >= 4 is 48.2 Å². The third-order valence-corrected chi connectivity index (χ3v) is 9.47. The number of imidazole rings is 1. The van der Waals surface area contributed by atoms with E-state index in [1.165, 1.54) is 25.1 Å². The summed E-state index contributed by atoms with van der Waals surface area (Å²) in [6, 6.07) is -2.18. The molecule has 3 heterocycles. The molecule has 1 aliphatic heterocycles. The van der Waals surface area contributed by atoms with Crippen LogP contribution < -0.4 is 15.9 Å². The van der Waals surface area contributed by atoms with Crippen molar-refractivity contribution in [1.82, 2.24) is 29.7 Å². The third-order valence-electron chi connectivity index (χ3n) is 7.48. The van der Waals surface area contributed by atoms with E-state index in [2.05, 4.69) is 25.1 Å². The van der Waals surface area contributed by atoms with Crippen molar-refractivity contribution < 1.29 is 42.4 Å². The number of alkyl halides is 1. The molecule has 0 amide bonds. The number of carbonyl (C=O) groups is 2. The molecule has 43 heavy (non-hydrogen) atoms. The molecule has 0 aromatic carbocycles. The molecule has 1 saturated heterocycles. The minimum absolute atomic E-state index is 0.0215. The summed E-state index contributed by atoms with van der Waals surface area (Å²) in [7, 11) is -1.93. The average molecular weight is 650 g/mol. The first-order valence-corrected chi connectivity index (χ1v) is 15.8. The molecular formula is C25H38ClFN7O8P. The quantitative estimate of drug-likeness (QED) is 0.132. The van der Waals surface area contributed by atoms with Gasteiger partial charge in [0.2, 0.25) is 11.1 Å². The fourth-order valence-corrected chi connectivity index (χ4v) is 7.43. The van der Waals surface area contributed by atoms with Crippen LogP contribution in [0, 0.1) is 11.8 Å². The van der Waals surface area contributed by atoms with Crippen LogP contribution in [0.3, 0.4) is 0 Å². The fraction of sp³-hybridized carbons (Fsp3) is 0.720. The van der Waals surface area contributed by atoms with Crippen molar-refractivity contribution in [3.8, 4) is 0 Å². The lowest BCUT2D eigenvalue weighted by Gasteiger charge is -2.30. The Labute approximate surface area is 252 Å². The highest BCUT2D eigenvalue weighted by atomic mass is 35.5. The Hall–Kier alpha value is -2.46. The van der Waals surface area contributed by atoms with Gasteiger partial charge in [-0.05, 0) is 36.3 Å². The van der Waals surface area contributed by atoms with Crippen molar-refractivity contribution in [1.29, 1.82) is 0 Å². The van der Waals surface area contributed by atoms with Crippen molar-refractivity contribution in [3.05, 3.63) is 11.6 Å². The molecule has 0 radical (unpaired) electrons. The van der Waals surface area contributed by atoms with E-state index in [-0.39, 0.29) is 53.4 Å². The maximum atomic E-state index is 15.9. The number of aliphatic hydroxyl groups is 1. The first-order chi connectivity index (χ1) is 20.1. The average Bonchev–Trinajstić information content (AvgIpc) is 3.19. The molecule has 2 aliphatic rings. The van der Waals surface area contributed by atoms with Gasteiger partial charge in [-0.25, -0.2) is 19.5 Å². The van der Waals surface area contributed by atoms with Crippen LogP contribution in [-0.2, 0) is 38.4 Å². The van der Waals surface area contributed by atoms with Gasteiger partial charge in [-0.2, -0.15) is 9.97 Å². The lowest BCUT2D eigenvalue weighted by molar-refractivity contribution is -0.143. The molecule has 5 N–H and O–H groups in total. The van der Waals surface area contributed by atoms with Crippen LogP contribution in [-0.4, -0.2) is 87.5 Å². The van der Waals surface area contributed by atoms with E-state index in [0.717, 1.165) is 0 Å². The zero-order valence-electron chi connectivity index (χ0n) is 24.7. The largest absolute Gasteiger partial charge is 0.468 e. The van der Waals surface area contributed by atoms with Crippen molar-refractivity contribution in [3.63, 3.8) is 0 Å². The van der Waals surface area contributed by atoms with Crippen LogP contribution in [0.5, 0.6) is 0 Å². The number of rotatable bonds is 14. The molecule has 1 saturated carbocycles. The van der Waals surface area contributed by atoms with Crippen molar-refractivity contribution in [2.45, 2.75) is 82.6 Å². The number of ether oxygens (including phenoxy) is 3. The summed E-state index contributed by atoms with van der Waals surface area (Å²) in [5, 5.41) is 16.5. The molecule has 0 spiro atoms. The van der Waals surface area contributed by atoms with Gasteiger partial charge in [0, 0.05) is 6.42 Å². The first-order valence-electron chi connectivity index (χ1n) is 13.8. The van der Waals surface area contributed by atoms with E-state index >= 15 is 4.39 Å². The highest BCUT2D eigenvalue weighted by Crippen LogP contribution is 2.66. The Morgan fingerprint density at radius 3 is 2.26 bits per heavy atom. The van der Waals surface area contributed by atoms with Crippen LogP contribution in [0.2, 0.25) is 5.28 Å². The molecule has 4 rings (SSSR count). The number of nitrogen functional groups attached to an aromatic ring is 1. The molecular weight excluding hydrogens is 612 g/mol. The zero-order valence-corrected chi connectivity index (χ0v) is 26.4. The van der Waals surface area contributed by atoms with Gasteiger partial charge < -0.3 is 34.1 Å². The number of nitrogens with two attached hydrogens (primary N) is 1. The van der Waals surface area contributed by atoms with E-state index in [9.17, 15) is 19.3 Å². The first kappa shape index (κ1) is 33.4. The van der Waals surface area contributed by atoms with Crippen LogP contribution in [0.4, 0.5) is 10.2 Å². The van der Waals surface area contributed by atoms with Crippen LogP contribution in [0.15, 0.2) is 6.33 Å². The predicted molar refractivity (Wildman–Crippen MR) is 152 cm³/mol. The fourth-order valence-electron chi connectivity index (χ4n) is 5.43. The Morgan fingerprint density at radius 2 is 1.74 bits per heavy atom. The van der Waals surface area contributed by atoms with Gasteiger partial charge in [0.25, 0.3) is 0 Å². The van der Waals surface area contributed by atoms with Gasteiger partial charge in [-0.15, -0.1) is 0 Å². The summed E-state index contributed by atoms with van der Waals surface area (Å²) in [6.45, 7) is 6.82. The predicted octanol–water partition coefficient (Wildman–Crippen LogP) is 2.07. The van der Waals surface area contributed by atoms with E-state index < -0.39 is 61.9 Å². The molecule has 0 bridgehead atoms. The number of esters is 2. The zero-order chi connectivity index (χ0) is 31.9. The monoisotopic (exact) mass is 649 g/mol. The minimum atomic E-state index is -4.31. The lowest BCUT2D eigenvalue weighted by Crippen LogP contribution is -2.46. The molecule has 2 aromatic rings. The Bertz CT molecular complexity index is 1380. The number of methoxy groups -OCH3 is 2. The molecule has 2 aromatic heterocycles. The van der Waals surface area contributed by atoms with Gasteiger partial charge in [-0.3, -0.25) is 14.2 Å². The number of aliphatic hydroxyl groups excluding tert-OH is 1. The number of nitrogens with zero attached hydrogens (tertiary/aromatic N) is 4. The molecule has 15 nitrogen and oxygen atoms in total. The lowest BCUT2D eigenvalue weighted by atomic mass is 10.1. The van der Waals surface area contributed by atoms with Crippen molar-refractivity contribution in [2.24, 2.45) is 11.8 Å². The maximum Gasteiger partial charge on any atom is 0.342 e. The molecule has 6 unspecified atom stereocenters. The highest BCUT2D eigenvalue weighted by molar-refractivity contribution is 7.54. The topological polar surface area (TPSA) is 202 Å². The van der Waals surface area contributed by atoms with Gasteiger partial charge in [0.05, 0.1) is 27.2 Å². The standard InChI is InChI=1S/C25H38ClFN7O8P/c1-12(2)7-14(21(36)39-5)32-43(38,33-15(8-13(3)4)22(37)40-6)41-9-16-18(35)24(10-25(24,27)42-16)34-11-29-17-19(28)30-23(26)31-20(17)34/h11-16,18,35H,7-10H2,1-6H3,(H2,28,30,31)(H2,32,33,38). The second kappa shape index (κ2) is 12.5. The normalized spacial score (nSPS) is 27.6. The van der Waals surface area contributed by atoms with Gasteiger partial charge in [0.15, 0.2) is 11.5 Å². The Balaban J connectivity index is 1.61. The van der Waals surface area contributed by atoms with E-state index in [4.69, 9.17) is 36.1 Å². The number of carbonyl (C=O) groups excluding carboxylic acids is 2. The molecule has 1 aliphatic carbocycles. The van der Waals surface area contributed by atoms with Gasteiger partial charge in [-0.1, -0.05) is 27.7 Å². The molecule has 18 heteroatoms. The minimum Gasteiger partial charge on any atom is -0.468 e. The summed E-state index contributed by atoms with van der Waals surface area (Å²) in [4.78, 5) is 37.3. The Morgan fingerprint density at radius 1 is 1.19 bits per heavy atom. The molecule has 2 fully saturated rings. The molecule has 240 valence electrons. The second-order valence-electron chi connectivity index (χ2n) is 11.6. The number of anilines is 1. The van der Waals surface area contributed by atoms with Gasteiger partial charge in [0.1, 0.15) is 35.3 Å². The molecule has 6 atom stereocenters. The third kappa shape index (κ3) is 6.51. The summed E-state index contributed by atoms with van der Waals surface area (Å²) in [5.41, 5.74) is 4.50. The van der Waals surface area contributed by atoms with Gasteiger partial charge >= 0.3 is 19.6 Å². The number of halogens is 2. The summed E-state index contributed by atoms with van der Waals surface area (Å²) >= 11 is 5.97. The number of hydrogen-bond donors (Lipinski definition) is 4. The highest BCUT2D eigenvalue weighted by Gasteiger charge is 2.83. The van der Waals surface area contributed by atoms with Crippen LogP contribution >= 0.6 is 19.3 Å². The smallest absolute Gasteiger partial charge is 0.342 e.